The van der Waals surface area contributed by atoms with Crippen molar-refractivity contribution in [2.45, 2.75) is 32.2 Å². The summed E-state index contributed by atoms with van der Waals surface area (Å²) in [7, 11) is 1.83. The molecular formula is C15H17NO2S. The smallest absolute Gasteiger partial charge is 0.264 e. The van der Waals surface area contributed by atoms with E-state index in [2.05, 4.69) is 6.07 Å². The van der Waals surface area contributed by atoms with Crippen LogP contribution >= 0.6 is 11.3 Å². The molecule has 100 valence electrons. The second-order valence-corrected chi connectivity index (χ2v) is 6.07. The van der Waals surface area contributed by atoms with Crippen LogP contribution in [0.1, 0.15) is 45.5 Å². The van der Waals surface area contributed by atoms with Crippen molar-refractivity contribution in [3.63, 3.8) is 0 Å². The Labute approximate surface area is 116 Å². The Balaban J connectivity index is 1.73. The summed E-state index contributed by atoms with van der Waals surface area (Å²) in [6, 6.07) is 5.95. The van der Waals surface area contributed by atoms with Gasteiger partial charge >= 0.3 is 0 Å². The van der Waals surface area contributed by atoms with Crippen molar-refractivity contribution in [2.75, 3.05) is 7.05 Å². The Morgan fingerprint density at radius 1 is 1.42 bits per heavy atom. The first kappa shape index (κ1) is 12.5. The van der Waals surface area contributed by atoms with Crippen molar-refractivity contribution < 1.29 is 9.21 Å². The van der Waals surface area contributed by atoms with Crippen LogP contribution in [0, 0.1) is 6.92 Å². The number of amides is 1. The third kappa shape index (κ3) is 2.59. The van der Waals surface area contributed by atoms with E-state index in [1.54, 1.807) is 16.2 Å². The van der Waals surface area contributed by atoms with E-state index in [-0.39, 0.29) is 5.91 Å². The first-order valence-electron chi connectivity index (χ1n) is 6.53. The van der Waals surface area contributed by atoms with Crippen LogP contribution in [-0.4, -0.2) is 17.9 Å². The van der Waals surface area contributed by atoms with E-state index in [1.165, 1.54) is 18.4 Å². The molecule has 0 aliphatic heterocycles. The molecule has 1 amide bonds. The van der Waals surface area contributed by atoms with Gasteiger partial charge in [0.15, 0.2) is 0 Å². The summed E-state index contributed by atoms with van der Waals surface area (Å²) in [4.78, 5) is 15.1. The predicted octanol–water partition coefficient (Wildman–Crippen LogP) is 3.80. The van der Waals surface area contributed by atoms with Gasteiger partial charge in [-0.05, 0) is 54.8 Å². The number of hydrogen-bond donors (Lipinski definition) is 0. The topological polar surface area (TPSA) is 33.5 Å². The van der Waals surface area contributed by atoms with Crippen molar-refractivity contribution in [2.24, 2.45) is 0 Å². The van der Waals surface area contributed by atoms with Crippen molar-refractivity contribution in [3.05, 3.63) is 45.5 Å². The fourth-order valence-electron chi connectivity index (χ4n) is 2.26. The minimum Gasteiger partial charge on any atom is -0.464 e. The Kier molecular flexibility index (Phi) is 3.19. The number of thiophene rings is 1. The van der Waals surface area contributed by atoms with Gasteiger partial charge in [-0.15, -0.1) is 11.3 Å². The Morgan fingerprint density at radius 3 is 2.84 bits per heavy atom. The van der Waals surface area contributed by atoms with Crippen LogP contribution in [0.25, 0.3) is 0 Å². The number of furan rings is 1. The zero-order valence-corrected chi connectivity index (χ0v) is 12.0. The van der Waals surface area contributed by atoms with Crippen LogP contribution < -0.4 is 0 Å². The van der Waals surface area contributed by atoms with E-state index in [9.17, 15) is 4.79 Å². The van der Waals surface area contributed by atoms with Gasteiger partial charge in [-0.1, -0.05) is 0 Å². The van der Waals surface area contributed by atoms with Gasteiger partial charge in [0.2, 0.25) is 0 Å². The van der Waals surface area contributed by atoms with E-state index in [0.717, 1.165) is 16.4 Å². The number of nitrogens with zero attached hydrogens (tertiary/aromatic N) is 1. The van der Waals surface area contributed by atoms with Gasteiger partial charge in [-0.2, -0.15) is 0 Å². The Morgan fingerprint density at radius 2 is 2.21 bits per heavy atom. The molecule has 0 bridgehead atoms. The minimum absolute atomic E-state index is 0.103. The van der Waals surface area contributed by atoms with Crippen molar-refractivity contribution >= 4 is 17.2 Å². The zero-order chi connectivity index (χ0) is 13.4. The Bertz CT molecular complexity index is 595. The molecule has 3 nitrogen and oxygen atoms in total. The Hall–Kier alpha value is -1.55. The average molecular weight is 275 g/mol. The summed E-state index contributed by atoms with van der Waals surface area (Å²) >= 11 is 1.55. The molecule has 0 saturated heterocycles. The molecule has 0 spiro atoms. The maximum absolute atomic E-state index is 12.5. The normalized spacial score (nSPS) is 14.6. The maximum atomic E-state index is 12.5. The second kappa shape index (κ2) is 4.85. The minimum atomic E-state index is 0.103. The summed E-state index contributed by atoms with van der Waals surface area (Å²) in [5.41, 5.74) is 1.23. The molecule has 0 atom stereocenters. The molecule has 0 unspecified atom stereocenters. The van der Waals surface area contributed by atoms with Gasteiger partial charge in [-0.3, -0.25) is 4.79 Å². The lowest BCUT2D eigenvalue weighted by Gasteiger charge is -2.15. The number of carbonyl (C=O) groups excluding carboxylic acids is 1. The van der Waals surface area contributed by atoms with E-state index in [1.807, 2.05) is 31.5 Å². The van der Waals surface area contributed by atoms with Gasteiger partial charge in [0.05, 0.1) is 11.4 Å². The number of rotatable bonds is 4. The first-order valence-corrected chi connectivity index (χ1v) is 7.41. The number of hydrogen-bond acceptors (Lipinski definition) is 3. The molecule has 1 saturated carbocycles. The van der Waals surface area contributed by atoms with E-state index in [0.29, 0.717) is 12.5 Å². The van der Waals surface area contributed by atoms with E-state index in [4.69, 9.17) is 4.42 Å². The van der Waals surface area contributed by atoms with Crippen LogP contribution in [0.4, 0.5) is 0 Å². The predicted molar refractivity (Wildman–Crippen MR) is 75.5 cm³/mol. The lowest BCUT2D eigenvalue weighted by atomic mass is 10.1. The lowest BCUT2D eigenvalue weighted by Crippen LogP contribution is -2.25. The molecule has 2 heterocycles. The van der Waals surface area contributed by atoms with Crippen LogP contribution in [0.15, 0.2) is 28.0 Å². The molecule has 2 aromatic rings. The molecule has 0 radical (unpaired) electrons. The fourth-order valence-corrected chi connectivity index (χ4v) is 3.24. The molecule has 1 aliphatic carbocycles. The zero-order valence-electron chi connectivity index (χ0n) is 11.2. The van der Waals surface area contributed by atoms with Gasteiger partial charge in [0.1, 0.15) is 11.5 Å². The number of carbonyl (C=O) groups is 1. The fraction of sp³-hybridized carbons (Fsp3) is 0.400. The van der Waals surface area contributed by atoms with Gasteiger partial charge < -0.3 is 9.32 Å². The van der Waals surface area contributed by atoms with Crippen LogP contribution in [0.5, 0.6) is 0 Å². The van der Waals surface area contributed by atoms with Crippen molar-refractivity contribution in [3.8, 4) is 0 Å². The SMILES string of the molecule is Cc1ccc(CN(C)C(=O)c2sccc2C2CC2)o1. The molecule has 4 heteroatoms. The summed E-state index contributed by atoms with van der Waals surface area (Å²) in [5.74, 6) is 2.43. The summed E-state index contributed by atoms with van der Waals surface area (Å²) in [6.45, 7) is 2.43. The molecule has 19 heavy (non-hydrogen) atoms. The summed E-state index contributed by atoms with van der Waals surface area (Å²) in [5, 5.41) is 2.02. The van der Waals surface area contributed by atoms with Crippen LogP contribution in [0.2, 0.25) is 0 Å². The van der Waals surface area contributed by atoms with E-state index < -0.39 is 0 Å². The standard InChI is InChI=1S/C15H17NO2S/c1-10-3-6-12(18-10)9-16(2)15(17)14-13(7-8-19-14)11-4-5-11/h3,6-8,11H,4-5,9H2,1-2H3. The number of aryl methyl sites for hydroxylation is 1. The molecule has 1 aliphatic rings. The first-order chi connectivity index (χ1) is 9.15. The molecule has 0 N–H and O–H groups in total. The van der Waals surface area contributed by atoms with Gasteiger partial charge in [-0.25, -0.2) is 0 Å². The van der Waals surface area contributed by atoms with Crippen LogP contribution in [-0.2, 0) is 6.54 Å². The van der Waals surface area contributed by atoms with Crippen molar-refractivity contribution in [1.82, 2.24) is 4.90 Å². The highest BCUT2D eigenvalue weighted by atomic mass is 32.1. The molecule has 3 rings (SSSR count). The summed E-state index contributed by atoms with van der Waals surface area (Å²) in [6.07, 6.45) is 2.44. The quantitative estimate of drug-likeness (QED) is 0.850. The second-order valence-electron chi connectivity index (χ2n) is 5.15. The largest absolute Gasteiger partial charge is 0.464 e. The summed E-state index contributed by atoms with van der Waals surface area (Å²) < 4.78 is 5.52. The highest BCUT2D eigenvalue weighted by Gasteiger charge is 2.30. The highest BCUT2D eigenvalue weighted by molar-refractivity contribution is 7.12. The molecule has 1 fully saturated rings. The molecule has 2 aromatic heterocycles. The molecular weight excluding hydrogens is 258 g/mol. The van der Waals surface area contributed by atoms with Crippen LogP contribution in [0.3, 0.4) is 0 Å². The third-order valence-corrected chi connectivity index (χ3v) is 4.36. The van der Waals surface area contributed by atoms with Crippen molar-refractivity contribution in [1.29, 1.82) is 0 Å². The highest BCUT2D eigenvalue weighted by Crippen LogP contribution is 2.43. The van der Waals surface area contributed by atoms with Gasteiger partial charge in [0.25, 0.3) is 5.91 Å². The van der Waals surface area contributed by atoms with E-state index >= 15 is 0 Å². The van der Waals surface area contributed by atoms with Gasteiger partial charge in [0, 0.05) is 7.05 Å². The third-order valence-electron chi connectivity index (χ3n) is 3.44. The average Bonchev–Trinajstić information content (AvgIpc) is 2.97. The monoisotopic (exact) mass is 275 g/mol. The lowest BCUT2D eigenvalue weighted by molar-refractivity contribution is 0.0779. The molecule has 0 aromatic carbocycles. The maximum Gasteiger partial charge on any atom is 0.264 e.